The molecule has 0 bridgehead atoms. The molecule has 0 radical (unpaired) electrons. The highest BCUT2D eigenvalue weighted by atomic mass is 16.1. The maximum atomic E-state index is 11.3. The average Bonchev–Trinajstić information content (AvgIpc) is 2.51. The van der Waals surface area contributed by atoms with Gasteiger partial charge >= 0.3 is 0 Å². The summed E-state index contributed by atoms with van der Waals surface area (Å²) in [7, 11) is 0. The van der Waals surface area contributed by atoms with Crippen molar-refractivity contribution < 1.29 is 4.79 Å². The molecule has 66 valence electrons. The van der Waals surface area contributed by atoms with E-state index in [-0.39, 0.29) is 5.78 Å². The zero-order valence-corrected chi connectivity index (χ0v) is 7.50. The van der Waals surface area contributed by atoms with Crippen LogP contribution in [0.15, 0.2) is 12.4 Å². The first kappa shape index (κ1) is 8.97. The van der Waals surface area contributed by atoms with Crippen molar-refractivity contribution in [2.75, 3.05) is 0 Å². The van der Waals surface area contributed by atoms with Gasteiger partial charge < -0.3 is 4.98 Å². The summed E-state index contributed by atoms with van der Waals surface area (Å²) in [6.07, 6.45) is 4.79. The van der Waals surface area contributed by atoms with Crippen molar-refractivity contribution >= 4 is 5.78 Å². The number of carbonyl (C=O) groups is 1. The Labute approximate surface area is 72.2 Å². The number of aromatic nitrogens is 2. The number of imidazole rings is 1. The van der Waals surface area contributed by atoms with Gasteiger partial charge in [0.25, 0.3) is 0 Å². The van der Waals surface area contributed by atoms with Gasteiger partial charge in [0, 0.05) is 18.8 Å². The highest BCUT2D eigenvalue weighted by Crippen LogP contribution is 2.06. The molecule has 3 nitrogen and oxygen atoms in total. The van der Waals surface area contributed by atoms with Crippen molar-refractivity contribution in [1.82, 2.24) is 9.97 Å². The standard InChI is InChI=1S/C9H14N2O/c1-7(2)3-4-8(12)9-10-5-6-11-9/h5-7H,3-4H2,1-2H3,(H,10,11). The molecule has 0 unspecified atom stereocenters. The Kier molecular flexibility index (Phi) is 3.02. The Hall–Kier alpha value is -1.12. The van der Waals surface area contributed by atoms with E-state index in [0.717, 1.165) is 6.42 Å². The quantitative estimate of drug-likeness (QED) is 0.695. The molecule has 0 aliphatic heterocycles. The van der Waals surface area contributed by atoms with Crippen LogP contribution in [0.1, 0.15) is 37.3 Å². The third-order valence-electron chi connectivity index (χ3n) is 1.71. The molecule has 0 amide bonds. The lowest BCUT2D eigenvalue weighted by Crippen LogP contribution is -2.03. The maximum Gasteiger partial charge on any atom is 0.198 e. The van der Waals surface area contributed by atoms with Crippen LogP contribution >= 0.6 is 0 Å². The Morgan fingerprint density at radius 1 is 1.67 bits per heavy atom. The first-order valence-electron chi connectivity index (χ1n) is 4.22. The maximum absolute atomic E-state index is 11.3. The van der Waals surface area contributed by atoms with Gasteiger partial charge in [-0.15, -0.1) is 0 Å². The van der Waals surface area contributed by atoms with E-state index in [2.05, 4.69) is 23.8 Å². The zero-order chi connectivity index (χ0) is 8.97. The van der Waals surface area contributed by atoms with Crippen LogP contribution in [0, 0.1) is 5.92 Å². The van der Waals surface area contributed by atoms with E-state index in [9.17, 15) is 4.79 Å². The van der Waals surface area contributed by atoms with Crippen LogP contribution in [-0.2, 0) is 0 Å². The molecular formula is C9H14N2O. The summed E-state index contributed by atoms with van der Waals surface area (Å²) in [5, 5.41) is 0. The summed E-state index contributed by atoms with van der Waals surface area (Å²) in [5.74, 6) is 1.16. The number of nitrogens with one attached hydrogen (secondary N) is 1. The summed E-state index contributed by atoms with van der Waals surface area (Å²) in [4.78, 5) is 18.0. The second-order valence-corrected chi connectivity index (χ2v) is 3.29. The highest BCUT2D eigenvalue weighted by Gasteiger charge is 2.07. The topological polar surface area (TPSA) is 45.8 Å². The van der Waals surface area contributed by atoms with E-state index in [0.29, 0.717) is 18.2 Å². The normalized spacial score (nSPS) is 10.6. The lowest BCUT2D eigenvalue weighted by atomic mass is 10.1. The molecule has 0 fully saturated rings. The Bertz CT molecular complexity index is 239. The van der Waals surface area contributed by atoms with Crippen molar-refractivity contribution in [3.63, 3.8) is 0 Å². The largest absolute Gasteiger partial charge is 0.342 e. The SMILES string of the molecule is CC(C)CCC(=O)c1ncc[nH]1. The van der Waals surface area contributed by atoms with Gasteiger partial charge in [-0.1, -0.05) is 13.8 Å². The van der Waals surface area contributed by atoms with E-state index in [1.54, 1.807) is 12.4 Å². The molecule has 1 aromatic heterocycles. The summed E-state index contributed by atoms with van der Waals surface area (Å²) in [5.41, 5.74) is 0. The number of rotatable bonds is 4. The van der Waals surface area contributed by atoms with Crippen LogP contribution in [0.5, 0.6) is 0 Å². The van der Waals surface area contributed by atoms with Crippen molar-refractivity contribution in [1.29, 1.82) is 0 Å². The molecule has 1 aromatic rings. The summed E-state index contributed by atoms with van der Waals surface area (Å²) in [6, 6.07) is 0. The molecule has 0 aliphatic rings. The lowest BCUT2D eigenvalue weighted by Gasteiger charge is -2.00. The molecule has 1 heterocycles. The third kappa shape index (κ3) is 2.49. The fourth-order valence-electron chi connectivity index (χ4n) is 0.956. The molecule has 12 heavy (non-hydrogen) atoms. The van der Waals surface area contributed by atoms with Gasteiger partial charge in [-0.2, -0.15) is 0 Å². The van der Waals surface area contributed by atoms with Gasteiger partial charge in [0.15, 0.2) is 11.6 Å². The van der Waals surface area contributed by atoms with Gasteiger partial charge in [0.1, 0.15) is 0 Å². The van der Waals surface area contributed by atoms with Crippen molar-refractivity contribution in [3.8, 4) is 0 Å². The van der Waals surface area contributed by atoms with E-state index in [1.807, 2.05) is 0 Å². The number of aromatic amines is 1. The zero-order valence-electron chi connectivity index (χ0n) is 7.50. The van der Waals surface area contributed by atoms with E-state index >= 15 is 0 Å². The van der Waals surface area contributed by atoms with Crippen molar-refractivity contribution in [3.05, 3.63) is 18.2 Å². The summed E-state index contributed by atoms with van der Waals surface area (Å²) >= 11 is 0. The van der Waals surface area contributed by atoms with Crippen molar-refractivity contribution in [2.24, 2.45) is 5.92 Å². The number of carbonyl (C=O) groups excluding carboxylic acids is 1. The number of nitrogens with zero attached hydrogens (tertiary/aromatic N) is 1. The minimum Gasteiger partial charge on any atom is -0.342 e. The van der Waals surface area contributed by atoms with Crippen LogP contribution in [0.25, 0.3) is 0 Å². The molecule has 3 heteroatoms. The second-order valence-electron chi connectivity index (χ2n) is 3.29. The fourth-order valence-corrected chi connectivity index (χ4v) is 0.956. The highest BCUT2D eigenvalue weighted by molar-refractivity contribution is 5.92. The molecule has 0 spiro atoms. The monoisotopic (exact) mass is 166 g/mol. The van der Waals surface area contributed by atoms with E-state index in [1.165, 1.54) is 0 Å². The van der Waals surface area contributed by atoms with Gasteiger partial charge in [0.2, 0.25) is 0 Å². The van der Waals surface area contributed by atoms with Crippen LogP contribution in [0.2, 0.25) is 0 Å². The molecule has 0 aliphatic carbocycles. The minimum atomic E-state index is 0.105. The smallest absolute Gasteiger partial charge is 0.198 e. The second kappa shape index (κ2) is 4.04. The van der Waals surface area contributed by atoms with Gasteiger partial charge in [-0.05, 0) is 12.3 Å². The first-order chi connectivity index (χ1) is 5.70. The number of ketones is 1. The van der Waals surface area contributed by atoms with Crippen LogP contribution in [0.4, 0.5) is 0 Å². The van der Waals surface area contributed by atoms with Crippen molar-refractivity contribution in [2.45, 2.75) is 26.7 Å². The average molecular weight is 166 g/mol. The number of hydrogen-bond donors (Lipinski definition) is 1. The predicted octanol–water partition coefficient (Wildman–Crippen LogP) is 2.03. The first-order valence-corrected chi connectivity index (χ1v) is 4.22. The molecule has 0 aromatic carbocycles. The fraction of sp³-hybridized carbons (Fsp3) is 0.556. The molecule has 0 saturated carbocycles. The van der Waals surface area contributed by atoms with E-state index < -0.39 is 0 Å². The Morgan fingerprint density at radius 2 is 2.42 bits per heavy atom. The molecule has 1 rings (SSSR count). The minimum absolute atomic E-state index is 0.105. The predicted molar refractivity (Wildman–Crippen MR) is 47.0 cm³/mol. The molecule has 1 N–H and O–H groups in total. The van der Waals surface area contributed by atoms with Gasteiger partial charge in [0.05, 0.1) is 0 Å². The van der Waals surface area contributed by atoms with E-state index in [4.69, 9.17) is 0 Å². The molecular weight excluding hydrogens is 152 g/mol. The van der Waals surface area contributed by atoms with Gasteiger partial charge in [-0.3, -0.25) is 4.79 Å². The molecule has 0 atom stereocenters. The summed E-state index contributed by atoms with van der Waals surface area (Å²) in [6.45, 7) is 4.21. The van der Waals surface area contributed by atoms with Crippen LogP contribution in [-0.4, -0.2) is 15.8 Å². The third-order valence-corrected chi connectivity index (χ3v) is 1.71. The Balaban J connectivity index is 2.40. The van der Waals surface area contributed by atoms with Crippen LogP contribution < -0.4 is 0 Å². The number of hydrogen-bond acceptors (Lipinski definition) is 2. The summed E-state index contributed by atoms with van der Waals surface area (Å²) < 4.78 is 0. The Morgan fingerprint density at radius 3 is 2.92 bits per heavy atom. The molecule has 0 saturated heterocycles. The number of Topliss-reactive ketones (excluding diaryl/α,β-unsaturated/α-hetero) is 1. The van der Waals surface area contributed by atoms with Gasteiger partial charge in [-0.25, -0.2) is 4.98 Å². The number of H-pyrrole nitrogens is 1. The lowest BCUT2D eigenvalue weighted by molar-refractivity contribution is 0.0966. The van der Waals surface area contributed by atoms with Crippen LogP contribution in [0.3, 0.4) is 0 Å².